The standard InChI is InChI=1S/C13H16N2O3/c1-3-18-10-5-4-9(2)11(8-10)15-7-6-12(16)14-13(15)17/h4-5,8H,3,6-7H2,1-2H3,(H,14,16,17). The number of imide groups is 1. The Bertz CT molecular complexity index is 485. The van der Waals surface area contributed by atoms with Crippen LogP contribution in [0.25, 0.3) is 0 Å². The highest BCUT2D eigenvalue weighted by molar-refractivity contribution is 6.05. The van der Waals surface area contributed by atoms with Gasteiger partial charge in [0.1, 0.15) is 5.75 Å². The predicted molar refractivity (Wildman–Crippen MR) is 67.8 cm³/mol. The summed E-state index contributed by atoms with van der Waals surface area (Å²) in [5, 5.41) is 2.31. The van der Waals surface area contributed by atoms with Crippen molar-refractivity contribution in [3.05, 3.63) is 23.8 Å². The number of anilines is 1. The van der Waals surface area contributed by atoms with Gasteiger partial charge in [0.2, 0.25) is 5.91 Å². The van der Waals surface area contributed by atoms with Gasteiger partial charge in [0.05, 0.1) is 12.3 Å². The maximum atomic E-state index is 11.8. The van der Waals surface area contributed by atoms with E-state index in [1.54, 1.807) is 4.90 Å². The van der Waals surface area contributed by atoms with Gasteiger partial charge >= 0.3 is 6.03 Å². The van der Waals surface area contributed by atoms with Crippen molar-refractivity contribution in [2.24, 2.45) is 0 Å². The highest BCUT2D eigenvalue weighted by Gasteiger charge is 2.25. The Hall–Kier alpha value is -2.04. The summed E-state index contributed by atoms with van der Waals surface area (Å²) in [7, 11) is 0. The lowest BCUT2D eigenvalue weighted by Gasteiger charge is -2.28. The van der Waals surface area contributed by atoms with E-state index in [0.29, 0.717) is 19.6 Å². The minimum atomic E-state index is -0.372. The van der Waals surface area contributed by atoms with Crippen molar-refractivity contribution in [3.63, 3.8) is 0 Å². The van der Waals surface area contributed by atoms with Crippen molar-refractivity contribution in [1.29, 1.82) is 0 Å². The third kappa shape index (κ3) is 2.45. The highest BCUT2D eigenvalue weighted by atomic mass is 16.5. The molecule has 1 aromatic rings. The lowest BCUT2D eigenvalue weighted by atomic mass is 10.1. The number of carbonyl (C=O) groups is 2. The number of carbonyl (C=O) groups excluding carboxylic acids is 2. The van der Waals surface area contributed by atoms with Crippen molar-refractivity contribution in [2.75, 3.05) is 18.1 Å². The lowest BCUT2D eigenvalue weighted by Crippen LogP contribution is -2.49. The van der Waals surface area contributed by atoms with Crippen LogP contribution in [0.5, 0.6) is 5.75 Å². The third-order valence-corrected chi connectivity index (χ3v) is 2.84. The predicted octanol–water partition coefficient (Wildman–Crippen LogP) is 1.84. The molecule has 2 rings (SSSR count). The summed E-state index contributed by atoms with van der Waals surface area (Å²) in [6.45, 7) is 4.81. The Morgan fingerprint density at radius 3 is 2.83 bits per heavy atom. The molecule has 5 heteroatoms. The minimum absolute atomic E-state index is 0.227. The SMILES string of the molecule is CCOc1ccc(C)c(N2CCC(=O)NC2=O)c1. The average Bonchev–Trinajstić information content (AvgIpc) is 2.33. The summed E-state index contributed by atoms with van der Waals surface area (Å²) in [5.41, 5.74) is 1.76. The van der Waals surface area contributed by atoms with E-state index < -0.39 is 0 Å². The van der Waals surface area contributed by atoms with Crippen molar-refractivity contribution < 1.29 is 14.3 Å². The quantitative estimate of drug-likeness (QED) is 0.888. The largest absolute Gasteiger partial charge is 0.494 e. The topological polar surface area (TPSA) is 58.6 Å². The first-order valence-corrected chi connectivity index (χ1v) is 5.96. The van der Waals surface area contributed by atoms with Crippen molar-refractivity contribution in [1.82, 2.24) is 5.32 Å². The van der Waals surface area contributed by atoms with Gasteiger partial charge in [0.15, 0.2) is 0 Å². The molecule has 1 saturated heterocycles. The zero-order valence-corrected chi connectivity index (χ0v) is 10.5. The van der Waals surface area contributed by atoms with E-state index in [9.17, 15) is 9.59 Å². The summed E-state index contributed by atoms with van der Waals surface area (Å²) >= 11 is 0. The Kier molecular flexibility index (Phi) is 3.50. The fraction of sp³-hybridized carbons (Fsp3) is 0.385. The summed E-state index contributed by atoms with van der Waals surface area (Å²) in [5.74, 6) is 0.498. The molecule has 0 radical (unpaired) electrons. The van der Waals surface area contributed by atoms with Crippen LogP contribution in [-0.4, -0.2) is 25.1 Å². The number of ether oxygens (including phenoxy) is 1. The first-order chi connectivity index (χ1) is 8.61. The average molecular weight is 248 g/mol. The number of aryl methyl sites for hydroxylation is 1. The van der Waals surface area contributed by atoms with Gasteiger partial charge in [0.25, 0.3) is 0 Å². The van der Waals surface area contributed by atoms with Crippen LogP contribution in [0.1, 0.15) is 18.9 Å². The molecule has 1 heterocycles. The summed E-state index contributed by atoms with van der Waals surface area (Å²) in [6, 6.07) is 5.23. The Labute approximate surface area is 106 Å². The Morgan fingerprint density at radius 1 is 1.39 bits per heavy atom. The Balaban J connectivity index is 2.28. The van der Waals surface area contributed by atoms with Gasteiger partial charge in [-0.3, -0.25) is 15.0 Å². The van der Waals surface area contributed by atoms with E-state index in [2.05, 4.69) is 5.32 Å². The van der Waals surface area contributed by atoms with Gasteiger partial charge in [-0.25, -0.2) is 4.79 Å². The maximum Gasteiger partial charge on any atom is 0.328 e. The van der Waals surface area contributed by atoms with E-state index in [1.165, 1.54) is 0 Å². The fourth-order valence-corrected chi connectivity index (χ4v) is 1.93. The molecule has 1 aromatic carbocycles. The van der Waals surface area contributed by atoms with Gasteiger partial charge in [-0.15, -0.1) is 0 Å². The lowest BCUT2D eigenvalue weighted by molar-refractivity contribution is -0.120. The first kappa shape index (κ1) is 12.4. The van der Waals surface area contributed by atoms with Crippen LogP contribution < -0.4 is 15.0 Å². The maximum absolute atomic E-state index is 11.8. The molecule has 0 saturated carbocycles. The van der Waals surface area contributed by atoms with Crippen LogP contribution in [0.2, 0.25) is 0 Å². The van der Waals surface area contributed by atoms with Crippen LogP contribution in [0, 0.1) is 6.92 Å². The molecule has 18 heavy (non-hydrogen) atoms. The van der Waals surface area contributed by atoms with E-state index >= 15 is 0 Å². The van der Waals surface area contributed by atoms with E-state index in [-0.39, 0.29) is 11.9 Å². The normalized spacial score (nSPS) is 15.6. The molecule has 3 amide bonds. The smallest absolute Gasteiger partial charge is 0.328 e. The molecule has 0 unspecified atom stereocenters. The molecule has 96 valence electrons. The molecule has 1 aliphatic rings. The molecular formula is C13H16N2O3. The number of hydrogen-bond donors (Lipinski definition) is 1. The zero-order valence-electron chi connectivity index (χ0n) is 10.5. The molecule has 1 aliphatic heterocycles. The second-order valence-electron chi connectivity index (χ2n) is 4.14. The number of rotatable bonds is 3. The first-order valence-electron chi connectivity index (χ1n) is 5.96. The zero-order chi connectivity index (χ0) is 13.1. The second-order valence-corrected chi connectivity index (χ2v) is 4.14. The second kappa shape index (κ2) is 5.08. The Morgan fingerprint density at radius 2 is 2.17 bits per heavy atom. The van der Waals surface area contributed by atoms with Gasteiger partial charge in [-0.1, -0.05) is 6.07 Å². The van der Waals surface area contributed by atoms with Crippen LogP contribution in [-0.2, 0) is 4.79 Å². The van der Waals surface area contributed by atoms with Crippen LogP contribution >= 0.6 is 0 Å². The molecule has 1 N–H and O–H groups in total. The molecule has 0 bridgehead atoms. The number of hydrogen-bond acceptors (Lipinski definition) is 3. The monoisotopic (exact) mass is 248 g/mol. The molecule has 0 atom stereocenters. The van der Waals surface area contributed by atoms with Gasteiger partial charge < -0.3 is 4.74 Å². The number of nitrogens with one attached hydrogen (secondary N) is 1. The van der Waals surface area contributed by atoms with Crippen molar-refractivity contribution >= 4 is 17.6 Å². The third-order valence-electron chi connectivity index (χ3n) is 2.84. The minimum Gasteiger partial charge on any atom is -0.494 e. The summed E-state index contributed by atoms with van der Waals surface area (Å²) in [6.07, 6.45) is 0.323. The molecular weight excluding hydrogens is 232 g/mol. The van der Waals surface area contributed by atoms with E-state index in [4.69, 9.17) is 4.74 Å². The highest BCUT2D eigenvalue weighted by Crippen LogP contribution is 2.27. The number of benzene rings is 1. The summed E-state index contributed by atoms with van der Waals surface area (Å²) in [4.78, 5) is 24.5. The number of urea groups is 1. The van der Waals surface area contributed by atoms with E-state index in [0.717, 1.165) is 17.0 Å². The van der Waals surface area contributed by atoms with Gasteiger partial charge in [0, 0.05) is 19.0 Å². The fourth-order valence-electron chi connectivity index (χ4n) is 1.93. The molecule has 1 fully saturated rings. The van der Waals surface area contributed by atoms with Gasteiger partial charge in [-0.2, -0.15) is 0 Å². The van der Waals surface area contributed by atoms with E-state index in [1.807, 2.05) is 32.0 Å². The molecule has 0 spiro atoms. The number of amides is 3. The molecule has 0 aromatic heterocycles. The summed E-state index contributed by atoms with van der Waals surface area (Å²) < 4.78 is 5.42. The van der Waals surface area contributed by atoms with Gasteiger partial charge in [-0.05, 0) is 25.5 Å². The molecule has 5 nitrogen and oxygen atoms in total. The van der Waals surface area contributed by atoms with Crippen molar-refractivity contribution in [2.45, 2.75) is 20.3 Å². The van der Waals surface area contributed by atoms with Crippen molar-refractivity contribution in [3.8, 4) is 5.75 Å². The molecule has 0 aliphatic carbocycles. The number of nitrogens with zero attached hydrogens (tertiary/aromatic N) is 1. The van der Waals surface area contributed by atoms with Crippen LogP contribution in [0.15, 0.2) is 18.2 Å². The van der Waals surface area contributed by atoms with Crippen LogP contribution in [0.4, 0.5) is 10.5 Å². The van der Waals surface area contributed by atoms with Crippen LogP contribution in [0.3, 0.4) is 0 Å².